The van der Waals surface area contributed by atoms with Gasteiger partial charge in [0.25, 0.3) is 0 Å². The Labute approximate surface area is 127 Å². The van der Waals surface area contributed by atoms with Gasteiger partial charge in [0.1, 0.15) is 5.75 Å². The Balaban J connectivity index is 2.03. The van der Waals surface area contributed by atoms with E-state index in [1.165, 1.54) is 19.3 Å². The van der Waals surface area contributed by atoms with Crippen LogP contribution in [0.3, 0.4) is 0 Å². The normalized spacial score (nSPS) is 17.3. The van der Waals surface area contributed by atoms with Crippen LogP contribution in [-0.2, 0) is 4.79 Å². The van der Waals surface area contributed by atoms with Crippen LogP contribution in [-0.4, -0.2) is 26.6 Å². The molecule has 4 nitrogen and oxygen atoms in total. The molecule has 0 spiro atoms. The summed E-state index contributed by atoms with van der Waals surface area (Å²) in [5, 5.41) is 0. The van der Waals surface area contributed by atoms with Crippen molar-refractivity contribution < 1.29 is 9.53 Å². The van der Waals surface area contributed by atoms with E-state index in [2.05, 4.69) is 0 Å². The fourth-order valence-electron chi connectivity index (χ4n) is 3.14. The van der Waals surface area contributed by atoms with Gasteiger partial charge in [-0.1, -0.05) is 19.3 Å². The number of amides is 1. The lowest BCUT2D eigenvalue weighted by atomic mass is 9.71. The SMILES string of the molecule is COc1ccc(N(C)C(=O)CC2(CN)CCCCC2)cc1. The molecule has 0 unspecified atom stereocenters. The van der Waals surface area contributed by atoms with Crippen LogP contribution in [0.2, 0.25) is 0 Å². The van der Waals surface area contributed by atoms with E-state index >= 15 is 0 Å². The quantitative estimate of drug-likeness (QED) is 0.907. The summed E-state index contributed by atoms with van der Waals surface area (Å²) in [4.78, 5) is 14.3. The third-order valence-electron chi connectivity index (χ3n) is 4.71. The molecule has 0 heterocycles. The highest BCUT2D eigenvalue weighted by Gasteiger charge is 2.34. The number of benzene rings is 1. The molecular weight excluding hydrogens is 264 g/mol. The first kappa shape index (κ1) is 15.8. The minimum absolute atomic E-state index is 0.00998. The summed E-state index contributed by atoms with van der Waals surface area (Å²) < 4.78 is 5.14. The smallest absolute Gasteiger partial charge is 0.227 e. The first-order valence-electron chi connectivity index (χ1n) is 7.71. The topological polar surface area (TPSA) is 55.6 Å². The number of hydrogen-bond donors (Lipinski definition) is 1. The third kappa shape index (κ3) is 3.76. The maximum absolute atomic E-state index is 12.6. The van der Waals surface area contributed by atoms with Crippen molar-refractivity contribution >= 4 is 11.6 Å². The van der Waals surface area contributed by atoms with E-state index in [-0.39, 0.29) is 11.3 Å². The zero-order valence-corrected chi connectivity index (χ0v) is 13.1. The van der Waals surface area contributed by atoms with Crippen molar-refractivity contribution in [3.63, 3.8) is 0 Å². The van der Waals surface area contributed by atoms with Gasteiger partial charge in [0, 0.05) is 19.2 Å². The average molecular weight is 290 g/mol. The molecular formula is C17H26N2O2. The fraction of sp³-hybridized carbons (Fsp3) is 0.588. The summed E-state index contributed by atoms with van der Waals surface area (Å²) in [6, 6.07) is 7.57. The number of ether oxygens (including phenoxy) is 1. The van der Waals surface area contributed by atoms with Gasteiger partial charge in [-0.2, -0.15) is 0 Å². The highest BCUT2D eigenvalue weighted by molar-refractivity contribution is 5.93. The van der Waals surface area contributed by atoms with Gasteiger partial charge in [0.15, 0.2) is 0 Å². The predicted octanol–water partition coefficient (Wildman–Crippen LogP) is 2.96. The Morgan fingerprint density at radius 3 is 2.38 bits per heavy atom. The highest BCUT2D eigenvalue weighted by atomic mass is 16.5. The van der Waals surface area contributed by atoms with Crippen molar-refractivity contribution in [3.8, 4) is 5.75 Å². The predicted molar refractivity (Wildman–Crippen MR) is 85.6 cm³/mol. The molecule has 1 fully saturated rings. The van der Waals surface area contributed by atoms with Crippen LogP contribution in [0.5, 0.6) is 5.75 Å². The number of methoxy groups -OCH3 is 1. The number of nitrogens with two attached hydrogens (primary N) is 1. The van der Waals surface area contributed by atoms with Gasteiger partial charge in [-0.15, -0.1) is 0 Å². The second-order valence-corrected chi connectivity index (χ2v) is 6.09. The summed E-state index contributed by atoms with van der Waals surface area (Å²) in [6.45, 7) is 0.606. The van der Waals surface area contributed by atoms with Crippen molar-refractivity contribution in [2.45, 2.75) is 38.5 Å². The van der Waals surface area contributed by atoms with Crippen LogP contribution >= 0.6 is 0 Å². The molecule has 0 radical (unpaired) electrons. The molecule has 0 bridgehead atoms. The summed E-state index contributed by atoms with van der Waals surface area (Å²) in [6.07, 6.45) is 6.35. The number of hydrogen-bond acceptors (Lipinski definition) is 3. The Hall–Kier alpha value is -1.55. The van der Waals surface area contributed by atoms with Crippen molar-refractivity contribution in [1.82, 2.24) is 0 Å². The molecule has 1 aliphatic rings. The molecule has 116 valence electrons. The molecule has 1 aromatic rings. The van der Waals surface area contributed by atoms with Crippen molar-refractivity contribution in [2.24, 2.45) is 11.1 Å². The zero-order valence-electron chi connectivity index (χ0n) is 13.1. The second kappa shape index (κ2) is 6.94. The Bertz CT molecular complexity index is 464. The van der Waals surface area contributed by atoms with E-state index in [0.29, 0.717) is 13.0 Å². The van der Waals surface area contributed by atoms with Crippen LogP contribution in [0.1, 0.15) is 38.5 Å². The number of carbonyl (C=O) groups excluding carboxylic acids is 1. The monoisotopic (exact) mass is 290 g/mol. The lowest BCUT2D eigenvalue weighted by Crippen LogP contribution is -2.39. The number of nitrogens with zero attached hydrogens (tertiary/aromatic N) is 1. The molecule has 1 aliphatic carbocycles. The largest absolute Gasteiger partial charge is 0.497 e. The first-order chi connectivity index (χ1) is 10.1. The molecule has 0 aliphatic heterocycles. The third-order valence-corrected chi connectivity index (χ3v) is 4.71. The van der Waals surface area contributed by atoms with Gasteiger partial charge in [-0.25, -0.2) is 0 Å². The molecule has 2 rings (SSSR count). The molecule has 1 aromatic carbocycles. The number of anilines is 1. The standard InChI is InChI=1S/C17H26N2O2/c1-19(14-6-8-15(21-2)9-7-14)16(20)12-17(13-18)10-4-3-5-11-17/h6-9H,3-5,10-13,18H2,1-2H3. The Kier molecular flexibility index (Phi) is 5.23. The molecule has 4 heteroatoms. The minimum atomic E-state index is 0.00998. The molecule has 2 N–H and O–H groups in total. The molecule has 0 atom stereocenters. The van der Waals surface area contributed by atoms with Crippen LogP contribution in [0.4, 0.5) is 5.69 Å². The van der Waals surface area contributed by atoms with Crippen LogP contribution in [0, 0.1) is 5.41 Å². The Morgan fingerprint density at radius 2 is 1.86 bits per heavy atom. The first-order valence-corrected chi connectivity index (χ1v) is 7.71. The second-order valence-electron chi connectivity index (χ2n) is 6.09. The number of carbonyl (C=O) groups is 1. The van der Waals surface area contributed by atoms with Crippen LogP contribution in [0.15, 0.2) is 24.3 Å². The van der Waals surface area contributed by atoms with Crippen LogP contribution < -0.4 is 15.4 Å². The van der Waals surface area contributed by atoms with Gasteiger partial charge in [0.2, 0.25) is 5.91 Å². The van der Waals surface area contributed by atoms with Gasteiger partial charge < -0.3 is 15.4 Å². The minimum Gasteiger partial charge on any atom is -0.497 e. The van der Waals surface area contributed by atoms with Crippen molar-refractivity contribution in [1.29, 1.82) is 0 Å². The molecule has 21 heavy (non-hydrogen) atoms. The van der Waals surface area contributed by atoms with E-state index in [9.17, 15) is 4.79 Å². The van der Waals surface area contributed by atoms with E-state index in [4.69, 9.17) is 10.5 Å². The maximum Gasteiger partial charge on any atom is 0.227 e. The molecule has 0 saturated heterocycles. The van der Waals surface area contributed by atoms with Crippen molar-refractivity contribution in [3.05, 3.63) is 24.3 Å². The van der Waals surface area contributed by atoms with E-state index in [1.54, 1.807) is 12.0 Å². The fourth-order valence-corrected chi connectivity index (χ4v) is 3.14. The maximum atomic E-state index is 12.6. The van der Waals surface area contributed by atoms with E-state index in [0.717, 1.165) is 24.3 Å². The highest BCUT2D eigenvalue weighted by Crippen LogP contribution is 2.39. The van der Waals surface area contributed by atoms with Gasteiger partial charge in [-0.05, 0) is 49.1 Å². The lowest BCUT2D eigenvalue weighted by Gasteiger charge is -2.36. The molecule has 1 saturated carbocycles. The van der Waals surface area contributed by atoms with E-state index in [1.807, 2.05) is 31.3 Å². The van der Waals surface area contributed by atoms with Gasteiger partial charge >= 0.3 is 0 Å². The van der Waals surface area contributed by atoms with Gasteiger partial charge in [0.05, 0.1) is 7.11 Å². The summed E-state index contributed by atoms with van der Waals surface area (Å²) in [5.41, 5.74) is 6.88. The summed E-state index contributed by atoms with van der Waals surface area (Å²) >= 11 is 0. The Morgan fingerprint density at radius 1 is 1.24 bits per heavy atom. The van der Waals surface area contributed by atoms with Gasteiger partial charge in [-0.3, -0.25) is 4.79 Å². The average Bonchev–Trinajstić information content (AvgIpc) is 2.55. The number of rotatable bonds is 5. The van der Waals surface area contributed by atoms with Crippen molar-refractivity contribution in [2.75, 3.05) is 25.6 Å². The summed E-state index contributed by atoms with van der Waals surface area (Å²) in [5.74, 6) is 0.942. The molecule has 1 amide bonds. The summed E-state index contributed by atoms with van der Waals surface area (Å²) in [7, 11) is 3.47. The molecule has 0 aromatic heterocycles. The van der Waals surface area contributed by atoms with E-state index < -0.39 is 0 Å². The zero-order chi connectivity index (χ0) is 15.3. The van der Waals surface area contributed by atoms with Crippen LogP contribution in [0.25, 0.3) is 0 Å². The lowest BCUT2D eigenvalue weighted by molar-refractivity contribution is -0.121.